The minimum Gasteiger partial charge on any atom is -0.457 e. The monoisotopic (exact) mass is 859 g/mol. The van der Waals surface area contributed by atoms with Crippen LogP contribution < -0.4 is 0 Å². The number of esters is 1. The van der Waals surface area contributed by atoms with Crippen LogP contribution in [0.15, 0.2) is 24.3 Å². The second-order valence-corrected chi connectivity index (χ2v) is 18.3. The zero-order valence-corrected chi connectivity index (χ0v) is 39.4. The second-order valence-electron chi connectivity index (χ2n) is 16.8. The van der Waals surface area contributed by atoms with E-state index in [0.29, 0.717) is 6.61 Å². The molecular weight excluding hydrogens is 764 g/mol. The molecule has 9 nitrogen and oxygen atoms in total. The van der Waals surface area contributed by atoms with Gasteiger partial charge in [0.05, 0.1) is 26.4 Å². The molecule has 0 aromatic carbocycles. The molecule has 0 saturated carbocycles. The number of phosphoric acid groups is 1. The SMILES string of the molecule is CCCCCCCCC/C=C\CCCCCCCCOCC(COP(=O)(O)OCC(O)CO)OC(=O)CCCCCCCCCCC/C=C\CCCCCCCCCC. The minimum absolute atomic E-state index is 0.0474. The van der Waals surface area contributed by atoms with Gasteiger partial charge in [0, 0.05) is 13.0 Å². The number of aliphatic hydroxyl groups is 2. The minimum atomic E-state index is -4.52. The zero-order valence-electron chi connectivity index (χ0n) is 38.5. The summed E-state index contributed by atoms with van der Waals surface area (Å²) in [7, 11) is -4.52. The van der Waals surface area contributed by atoms with Crippen LogP contribution in [0.5, 0.6) is 0 Å². The average Bonchev–Trinajstić information content (AvgIpc) is 3.23. The number of ether oxygens (including phenoxy) is 2. The summed E-state index contributed by atoms with van der Waals surface area (Å²) in [5, 5.41) is 18.4. The summed E-state index contributed by atoms with van der Waals surface area (Å²) in [5.74, 6) is -0.383. The van der Waals surface area contributed by atoms with Gasteiger partial charge in [0.1, 0.15) is 12.2 Å². The number of carbonyl (C=O) groups excluding carboxylic acids is 1. The first-order valence-corrected chi connectivity index (χ1v) is 26.3. The predicted molar refractivity (Wildman–Crippen MR) is 247 cm³/mol. The Morgan fingerprint density at radius 1 is 0.508 bits per heavy atom. The first-order valence-electron chi connectivity index (χ1n) is 24.8. The molecule has 0 bridgehead atoms. The largest absolute Gasteiger partial charge is 0.472 e. The van der Waals surface area contributed by atoms with E-state index in [1.165, 1.54) is 173 Å². The fourth-order valence-electron chi connectivity index (χ4n) is 7.05. The summed E-state index contributed by atoms with van der Waals surface area (Å²) in [6.07, 6.45) is 50.0. The van der Waals surface area contributed by atoms with Crippen molar-refractivity contribution < 1.29 is 43.0 Å². The van der Waals surface area contributed by atoms with Crippen LogP contribution in [0.4, 0.5) is 0 Å². The molecule has 0 fully saturated rings. The van der Waals surface area contributed by atoms with E-state index in [4.69, 9.17) is 23.6 Å². The van der Waals surface area contributed by atoms with Crippen LogP contribution >= 0.6 is 7.82 Å². The summed E-state index contributed by atoms with van der Waals surface area (Å²) >= 11 is 0. The predicted octanol–water partition coefficient (Wildman–Crippen LogP) is 14.2. The smallest absolute Gasteiger partial charge is 0.457 e. The van der Waals surface area contributed by atoms with Crippen molar-refractivity contribution in [2.75, 3.05) is 33.0 Å². The van der Waals surface area contributed by atoms with Gasteiger partial charge in [0.15, 0.2) is 0 Å². The van der Waals surface area contributed by atoms with E-state index in [0.717, 1.165) is 44.9 Å². The molecule has 59 heavy (non-hydrogen) atoms. The molecule has 0 aliphatic rings. The van der Waals surface area contributed by atoms with Gasteiger partial charge in [-0.25, -0.2) is 4.57 Å². The number of rotatable bonds is 48. The average molecular weight is 859 g/mol. The van der Waals surface area contributed by atoms with E-state index in [1.807, 2.05) is 0 Å². The molecule has 0 heterocycles. The van der Waals surface area contributed by atoms with Crippen molar-refractivity contribution in [2.45, 2.75) is 251 Å². The Balaban J connectivity index is 4.08. The Morgan fingerprint density at radius 3 is 1.27 bits per heavy atom. The van der Waals surface area contributed by atoms with Crippen molar-refractivity contribution in [2.24, 2.45) is 0 Å². The second kappa shape index (κ2) is 46.4. The summed E-state index contributed by atoms with van der Waals surface area (Å²) in [6, 6.07) is 0. The standard InChI is InChI=1S/C49H95O9P/c1-3-5-7-9-11-13-15-17-19-21-22-23-24-25-27-29-31-33-35-37-39-41-49(52)58-48(46-57-59(53,54)56-44-47(51)43-50)45-55-42-40-38-36-34-32-30-28-26-20-18-16-14-12-10-8-6-4-2/h20-22,26,47-48,50-51H,3-19,23-25,27-46H2,1-2H3,(H,53,54)/b22-21-,26-20-. The van der Waals surface area contributed by atoms with Crippen molar-refractivity contribution in [3.8, 4) is 0 Å². The van der Waals surface area contributed by atoms with Gasteiger partial charge in [0.2, 0.25) is 0 Å². The Kier molecular flexibility index (Phi) is 45.6. The maximum absolute atomic E-state index is 12.7. The lowest BCUT2D eigenvalue weighted by Crippen LogP contribution is -2.29. The van der Waals surface area contributed by atoms with Gasteiger partial charge in [-0.05, 0) is 64.2 Å². The number of hydrogen-bond donors (Lipinski definition) is 3. The molecule has 0 amide bonds. The van der Waals surface area contributed by atoms with Crippen LogP contribution in [0.1, 0.15) is 239 Å². The molecule has 0 aliphatic heterocycles. The number of aliphatic hydroxyl groups excluding tert-OH is 2. The van der Waals surface area contributed by atoms with Crippen LogP contribution in [0.25, 0.3) is 0 Å². The molecule has 3 atom stereocenters. The fraction of sp³-hybridized carbons (Fsp3) is 0.898. The molecule has 0 aromatic heterocycles. The maximum Gasteiger partial charge on any atom is 0.472 e. The first-order chi connectivity index (χ1) is 28.8. The van der Waals surface area contributed by atoms with Crippen LogP contribution in [0, 0.1) is 0 Å². The Bertz CT molecular complexity index is 975. The quantitative estimate of drug-likeness (QED) is 0.0237. The van der Waals surface area contributed by atoms with Gasteiger partial charge in [-0.1, -0.05) is 192 Å². The summed E-state index contributed by atoms with van der Waals surface area (Å²) in [4.78, 5) is 22.7. The lowest BCUT2D eigenvalue weighted by molar-refractivity contribution is -0.154. The van der Waals surface area contributed by atoms with Crippen molar-refractivity contribution in [3.05, 3.63) is 24.3 Å². The normalized spacial score (nSPS) is 14.1. The Morgan fingerprint density at radius 2 is 0.864 bits per heavy atom. The number of unbranched alkanes of at least 4 members (excludes halogenated alkanes) is 30. The van der Waals surface area contributed by atoms with Crippen LogP contribution in [0.3, 0.4) is 0 Å². The first kappa shape index (κ1) is 57.9. The van der Waals surface area contributed by atoms with Crippen molar-refractivity contribution in [1.29, 1.82) is 0 Å². The summed E-state index contributed by atoms with van der Waals surface area (Å²) in [6.45, 7) is 3.54. The van der Waals surface area contributed by atoms with Crippen molar-refractivity contribution in [3.63, 3.8) is 0 Å². The molecule has 0 saturated heterocycles. The molecule has 350 valence electrons. The van der Waals surface area contributed by atoms with Crippen molar-refractivity contribution >= 4 is 13.8 Å². The summed E-state index contributed by atoms with van der Waals surface area (Å²) in [5.41, 5.74) is 0. The van der Waals surface area contributed by atoms with E-state index in [9.17, 15) is 19.4 Å². The lowest BCUT2D eigenvalue weighted by Gasteiger charge is -2.20. The van der Waals surface area contributed by atoms with Gasteiger partial charge < -0.3 is 24.6 Å². The number of carbonyl (C=O) groups is 1. The molecule has 0 rings (SSSR count). The maximum atomic E-state index is 12.7. The third-order valence-electron chi connectivity index (χ3n) is 10.9. The number of allylic oxidation sites excluding steroid dienone is 4. The highest BCUT2D eigenvalue weighted by molar-refractivity contribution is 7.47. The van der Waals surface area contributed by atoms with E-state index in [1.54, 1.807) is 0 Å². The van der Waals surface area contributed by atoms with E-state index >= 15 is 0 Å². The third kappa shape index (κ3) is 46.3. The lowest BCUT2D eigenvalue weighted by atomic mass is 10.1. The molecule has 0 aliphatic carbocycles. The molecule has 0 aromatic rings. The molecule has 10 heteroatoms. The van der Waals surface area contributed by atoms with E-state index < -0.39 is 33.2 Å². The Hall–Kier alpha value is -1.06. The summed E-state index contributed by atoms with van der Waals surface area (Å²) < 4.78 is 33.5. The van der Waals surface area contributed by atoms with Crippen LogP contribution in [-0.2, 0) is 27.9 Å². The van der Waals surface area contributed by atoms with Gasteiger partial charge in [-0.3, -0.25) is 13.8 Å². The van der Waals surface area contributed by atoms with E-state index in [-0.39, 0.29) is 25.6 Å². The molecule has 3 unspecified atom stereocenters. The topological polar surface area (TPSA) is 132 Å². The van der Waals surface area contributed by atoms with Crippen LogP contribution in [0.2, 0.25) is 0 Å². The number of phosphoric ester groups is 1. The van der Waals surface area contributed by atoms with Crippen molar-refractivity contribution in [1.82, 2.24) is 0 Å². The van der Waals surface area contributed by atoms with E-state index in [2.05, 4.69) is 38.2 Å². The molecule has 0 spiro atoms. The number of hydrogen-bond acceptors (Lipinski definition) is 8. The highest BCUT2D eigenvalue weighted by Gasteiger charge is 2.26. The van der Waals surface area contributed by atoms with Gasteiger partial charge in [-0.2, -0.15) is 0 Å². The van der Waals surface area contributed by atoms with Gasteiger partial charge in [0.25, 0.3) is 0 Å². The van der Waals surface area contributed by atoms with Gasteiger partial charge >= 0.3 is 13.8 Å². The van der Waals surface area contributed by atoms with Crippen LogP contribution in [-0.4, -0.2) is 66.3 Å². The van der Waals surface area contributed by atoms with Gasteiger partial charge in [-0.15, -0.1) is 0 Å². The third-order valence-corrected chi connectivity index (χ3v) is 11.8. The molecular formula is C49H95O9P. The highest BCUT2D eigenvalue weighted by atomic mass is 31.2. The molecule has 3 N–H and O–H groups in total. The fourth-order valence-corrected chi connectivity index (χ4v) is 7.84. The highest BCUT2D eigenvalue weighted by Crippen LogP contribution is 2.43. The molecule has 0 radical (unpaired) electrons. The zero-order chi connectivity index (χ0) is 43.2. The Labute approximate surface area is 363 Å².